The first-order chi connectivity index (χ1) is 7.48. The molecule has 1 saturated heterocycles. The van der Waals surface area contributed by atoms with Gasteiger partial charge in [-0.2, -0.15) is 0 Å². The Kier molecular flexibility index (Phi) is 2.63. The number of rotatable bonds is 1. The molecule has 1 fully saturated rings. The highest BCUT2D eigenvalue weighted by atomic mass is 16.3. The molecule has 1 aliphatic heterocycles. The van der Waals surface area contributed by atoms with Crippen molar-refractivity contribution >= 4 is 5.91 Å². The molecule has 1 N–H and O–H groups in total. The maximum absolute atomic E-state index is 12.0. The summed E-state index contributed by atoms with van der Waals surface area (Å²) in [7, 11) is 0. The summed E-state index contributed by atoms with van der Waals surface area (Å²) >= 11 is 0. The Labute approximate surface area is 94.1 Å². The van der Waals surface area contributed by atoms with Crippen molar-refractivity contribution in [2.75, 3.05) is 13.1 Å². The molecular weight excluding hydrogens is 206 g/mol. The number of nitrogens with zero attached hydrogens (tertiary/aromatic N) is 3. The molecule has 86 valence electrons. The fourth-order valence-electron chi connectivity index (χ4n) is 1.81. The van der Waals surface area contributed by atoms with Crippen molar-refractivity contribution < 1.29 is 9.90 Å². The lowest BCUT2D eigenvalue weighted by molar-refractivity contribution is 0.0565. The fourth-order valence-corrected chi connectivity index (χ4v) is 1.81. The van der Waals surface area contributed by atoms with Crippen molar-refractivity contribution in [2.45, 2.75) is 25.9 Å². The molecule has 2 heterocycles. The zero-order chi connectivity index (χ0) is 11.8. The molecule has 1 aliphatic rings. The maximum atomic E-state index is 12.0. The van der Waals surface area contributed by atoms with Gasteiger partial charge in [-0.1, -0.05) is 0 Å². The SMILES string of the molecule is Cc1ccnc(C(=O)N2CCC(C)(O)C2)n1. The number of β-amino-alcohol motifs (C(OH)–C–C–N with tert-alkyl or cyclic N) is 1. The lowest BCUT2D eigenvalue weighted by Gasteiger charge is -2.18. The van der Waals surface area contributed by atoms with E-state index in [1.807, 2.05) is 6.92 Å². The van der Waals surface area contributed by atoms with Crippen LogP contribution in [0.3, 0.4) is 0 Å². The van der Waals surface area contributed by atoms with Crippen molar-refractivity contribution in [3.8, 4) is 0 Å². The van der Waals surface area contributed by atoms with Gasteiger partial charge >= 0.3 is 0 Å². The van der Waals surface area contributed by atoms with Crippen LogP contribution in [0.25, 0.3) is 0 Å². The van der Waals surface area contributed by atoms with Crippen LogP contribution >= 0.6 is 0 Å². The first kappa shape index (κ1) is 11.0. The first-order valence-electron chi connectivity index (χ1n) is 5.29. The number of amides is 1. The van der Waals surface area contributed by atoms with E-state index < -0.39 is 5.60 Å². The second-order valence-electron chi connectivity index (χ2n) is 4.50. The van der Waals surface area contributed by atoms with Crippen LogP contribution < -0.4 is 0 Å². The predicted octanol–water partition coefficient (Wildman–Crippen LogP) is 0.382. The second kappa shape index (κ2) is 3.83. The van der Waals surface area contributed by atoms with E-state index >= 15 is 0 Å². The molecule has 1 unspecified atom stereocenters. The van der Waals surface area contributed by atoms with Gasteiger partial charge in [0, 0.05) is 25.0 Å². The number of aromatic nitrogens is 2. The van der Waals surface area contributed by atoms with E-state index in [9.17, 15) is 9.90 Å². The second-order valence-corrected chi connectivity index (χ2v) is 4.50. The van der Waals surface area contributed by atoms with E-state index in [0.29, 0.717) is 19.5 Å². The van der Waals surface area contributed by atoms with E-state index in [1.165, 1.54) is 0 Å². The molecule has 5 heteroatoms. The van der Waals surface area contributed by atoms with E-state index in [2.05, 4.69) is 9.97 Å². The van der Waals surface area contributed by atoms with E-state index in [1.54, 1.807) is 24.1 Å². The smallest absolute Gasteiger partial charge is 0.291 e. The average molecular weight is 221 g/mol. The number of hydrogen-bond donors (Lipinski definition) is 1. The minimum absolute atomic E-state index is 0.206. The van der Waals surface area contributed by atoms with Gasteiger partial charge in [0.1, 0.15) is 0 Å². The van der Waals surface area contributed by atoms with Gasteiger partial charge in [0.05, 0.1) is 5.60 Å². The standard InChI is InChI=1S/C11H15N3O2/c1-8-3-5-12-9(13-8)10(15)14-6-4-11(2,16)7-14/h3,5,16H,4,6-7H2,1-2H3. The fraction of sp³-hybridized carbons (Fsp3) is 0.545. The predicted molar refractivity (Wildman–Crippen MR) is 57.9 cm³/mol. The highest BCUT2D eigenvalue weighted by Crippen LogP contribution is 2.21. The minimum Gasteiger partial charge on any atom is -0.388 e. The lowest BCUT2D eigenvalue weighted by atomic mass is 10.1. The van der Waals surface area contributed by atoms with Crippen LogP contribution in [0.5, 0.6) is 0 Å². The van der Waals surface area contributed by atoms with E-state index in [4.69, 9.17) is 0 Å². The van der Waals surface area contributed by atoms with Crippen molar-refractivity contribution in [1.82, 2.24) is 14.9 Å². The summed E-state index contributed by atoms with van der Waals surface area (Å²) < 4.78 is 0. The van der Waals surface area contributed by atoms with Gasteiger partial charge in [-0.3, -0.25) is 4.79 Å². The Balaban J connectivity index is 2.15. The van der Waals surface area contributed by atoms with Gasteiger partial charge in [0.25, 0.3) is 5.91 Å². The Morgan fingerprint density at radius 3 is 2.94 bits per heavy atom. The lowest BCUT2D eigenvalue weighted by Crippen LogP contribution is -2.34. The van der Waals surface area contributed by atoms with Crippen molar-refractivity contribution in [3.63, 3.8) is 0 Å². The van der Waals surface area contributed by atoms with Crippen molar-refractivity contribution in [2.24, 2.45) is 0 Å². The van der Waals surface area contributed by atoms with Crippen LogP contribution in [0.4, 0.5) is 0 Å². The summed E-state index contributed by atoms with van der Waals surface area (Å²) in [6.07, 6.45) is 2.17. The summed E-state index contributed by atoms with van der Waals surface area (Å²) in [5, 5.41) is 9.78. The molecule has 0 radical (unpaired) electrons. The number of carbonyl (C=O) groups is 1. The number of likely N-dealkylation sites (tertiary alicyclic amines) is 1. The van der Waals surface area contributed by atoms with Gasteiger partial charge < -0.3 is 10.0 Å². The van der Waals surface area contributed by atoms with Crippen LogP contribution in [-0.4, -0.2) is 44.6 Å². The normalized spacial score (nSPS) is 24.8. The topological polar surface area (TPSA) is 66.3 Å². The number of aliphatic hydroxyl groups is 1. The molecule has 16 heavy (non-hydrogen) atoms. The summed E-state index contributed by atoms with van der Waals surface area (Å²) in [5.74, 6) is -0.000764. The van der Waals surface area contributed by atoms with Gasteiger partial charge in [0.15, 0.2) is 0 Å². The van der Waals surface area contributed by atoms with Crippen LogP contribution in [0, 0.1) is 6.92 Å². The number of hydrogen-bond acceptors (Lipinski definition) is 4. The molecule has 5 nitrogen and oxygen atoms in total. The van der Waals surface area contributed by atoms with Crippen LogP contribution in [0.2, 0.25) is 0 Å². The molecule has 1 aromatic rings. The third kappa shape index (κ3) is 2.19. The zero-order valence-electron chi connectivity index (χ0n) is 9.47. The molecular formula is C11H15N3O2. The maximum Gasteiger partial charge on any atom is 0.291 e. The third-order valence-electron chi connectivity index (χ3n) is 2.73. The monoisotopic (exact) mass is 221 g/mol. The highest BCUT2D eigenvalue weighted by molar-refractivity contribution is 5.90. The molecule has 2 rings (SSSR count). The Hall–Kier alpha value is -1.49. The summed E-state index contributed by atoms with van der Waals surface area (Å²) in [6, 6.07) is 1.75. The molecule has 0 aromatic carbocycles. The summed E-state index contributed by atoms with van der Waals surface area (Å²) in [4.78, 5) is 21.6. The highest BCUT2D eigenvalue weighted by Gasteiger charge is 2.35. The van der Waals surface area contributed by atoms with E-state index in [-0.39, 0.29) is 11.7 Å². The van der Waals surface area contributed by atoms with Crippen LogP contribution in [0.1, 0.15) is 29.7 Å². The summed E-state index contributed by atoms with van der Waals surface area (Å²) in [5.41, 5.74) is -0.0104. The first-order valence-corrected chi connectivity index (χ1v) is 5.29. The number of carbonyl (C=O) groups excluding carboxylic acids is 1. The van der Waals surface area contributed by atoms with Gasteiger partial charge in [-0.15, -0.1) is 0 Å². The Morgan fingerprint density at radius 1 is 1.62 bits per heavy atom. The van der Waals surface area contributed by atoms with Crippen LogP contribution in [0.15, 0.2) is 12.3 Å². The molecule has 0 bridgehead atoms. The minimum atomic E-state index is -0.778. The van der Waals surface area contributed by atoms with Crippen molar-refractivity contribution in [1.29, 1.82) is 0 Å². The molecule has 1 atom stereocenters. The van der Waals surface area contributed by atoms with Gasteiger partial charge in [0.2, 0.25) is 5.82 Å². The number of aryl methyl sites for hydroxylation is 1. The van der Waals surface area contributed by atoms with Gasteiger partial charge in [-0.25, -0.2) is 9.97 Å². The Morgan fingerprint density at radius 2 is 2.38 bits per heavy atom. The van der Waals surface area contributed by atoms with Crippen LogP contribution in [-0.2, 0) is 0 Å². The van der Waals surface area contributed by atoms with E-state index in [0.717, 1.165) is 5.69 Å². The Bertz CT molecular complexity index is 417. The largest absolute Gasteiger partial charge is 0.388 e. The molecule has 0 saturated carbocycles. The molecule has 0 aliphatic carbocycles. The molecule has 0 spiro atoms. The summed E-state index contributed by atoms with van der Waals surface area (Å²) in [6.45, 7) is 4.46. The molecule has 1 aromatic heterocycles. The molecule has 1 amide bonds. The van der Waals surface area contributed by atoms with Crippen molar-refractivity contribution in [3.05, 3.63) is 23.8 Å². The quantitative estimate of drug-likeness (QED) is 0.744. The third-order valence-corrected chi connectivity index (χ3v) is 2.73. The van der Waals surface area contributed by atoms with Gasteiger partial charge in [-0.05, 0) is 26.3 Å². The average Bonchev–Trinajstić information content (AvgIpc) is 2.58. The zero-order valence-corrected chi connectivity index (χ0v) is 9.47.